The molecule has 0 radical (unpaired) electrons. The first kappa shape index (κ1) is 13.9. The van der Waals surface area contributed by atoms with Crippen molar-refractivity contribution in [2.75, 3.05) is 0 Å². The molecule has 2 aromatic rings. The van der Waals surface area contributed by atoms with Crippen molar-refractivity contribution in [3.8, 4) is 0 Å². The van der Waals surface area contributed by atoms with Crippen LogP contribution in [-0.4, -0.2) is 16.4 Å². The number of carbonyl (C=O) groups excluding carboxylic acids is 2. The van der Waals surface area contributed by atoms with E-state index in [2.05, 4.69) is 44.3 Å². The average Bonchev–Trinajstić information content (AvgIpc) is 2.80. The smallest absolute Gasteiger partial charge is 0.249 e. The standard InChI is InChI=1S/C17H20N2O2/c1-17(2,3)12-4-5-13-11(10-12)8-9-19(13)14-6-7-15(20)18-16(14)21/h4-5,8-10,14H,6-7H2,1-3H3,(H,18,20,21). The van der Waals surface area contributed by atoms with E-state index >= 15 is 0 Å². The lowest BCUT2D eigenvalue weighted by atomic mass is 9.86. The Hall–Kier alpha value is -2.10. The lowest BCUT2D eigenvalue weighted by Crippen LogP contribution is -2.41. The minimum Gasteiger partial charge on any atom is -0.335 e. The van der Waals surface area contributed by atoms with Crippen LogP contribution in [0, 0.1) is 0 Å². The van der Waals surface area contributed by atoms with Gasteiger partial charge in [-0.15, -0.1) is 0 Å². The number of imide groups is 1. The van der Waals surface area contributed by atoms with E-state index in [4.69, 9.17) is 0 Å². The molecule has 0 bridgehead atoms. The molecule has 0 aliphatic carbocycles. The molecule has 110 valence electrons. The Bertz CT molecular complexity index is 722. The summed E-state index contributed by atoms with van der Waals surface area (Å²) in [6.45, 7) is 6.56. The van der Waals surface area contributed by atoms with Gasteiger partial charge in [0.1, 0.15) is 6.04 Å². The van der Waals surface area contributed by atoms with Gasteiger partial charge in [0.05, 0.1) is 0 Å². The van der Waals surface area contributed by atoms with Gasteiger partial charge in [-0.1, -0.05) is 26.8 Å². The van der Waals surface area contributed by atoms with Crippen molar-refractivity contribution in [3.05, 3.63) is 36.0 Å². The van der Waals surface area contributed by atoms with Crippen molar-refractivity contribution >= 4 is 22.7 Å². The molecule has 2 amide bonds. The van der Waals surface area contributed by atoms with Crippen LogP contribution < -0.4 is 5.32 Å². The Kier molecular flexibility index (Phi) is 3.12. The van der Waals surface area contributed by atoms with Crippen LogP contribution in [0.2, 0.25) is 0 Å². The highest BCUT2D eigenvalue weighted by molar-refractivity contribution is 6.00. The van der Waals surface area contributed by atoms with Gasteiger partial charge in [-0.05, 0) is 41.0 Å². The summed E-state index contributed by atoms with van der Waals surface area (Å²) in [7, 11) is 0. The predicted octanol–water partition coefficient (Wildman–Crippen LogP) is 2.92. The highest BCUT2D eigenvalue weighted by Crippen LogP contribution is 2.29. The zero-order valence-corrected chi connectivity index (χ0v) is 12.6. The number of aromatic nitrogens is 1. The monoisotopic (exact) mass is 284 g/mol. The molecule has 1 aliphatic heterocycles. The summed E-state index contributed by atoms with van der Waals surface area (Å²) in [5.74, 6) is -0.383. The number of piperidine rings is 1. The highest BCUT2D eigenvalue weighted by atomic mass is 16.2. The molecule has 1 N–H and O–H groups in total. The van der Waals surface area contributed by atoms with Crippen LogP contribution in [0.5, 0.6) is 0 Å². The predicted molar refractivity (Wildman–Crippen MR) is 82.1 cm³/mol. The number of amides is 2. The van der Waals surface area contributed by atoms with Gasteiger partial charge < -0.3 is 4.57 Å². The molecule has 21 heavy (non-hydrogen) atoms. The minimum absolute atomic E-state index is 0.102. The second kappa shape index (κ2) is 4.72. The van der Waals surface area contributed by atoms with E-state index in [1.165, 1.54) is 5.56 Å². The van der Waals surface area contributed by atoms with Gasteiger partial charge in [-0.25, -0.2) is 0 Å². The molecule has 0 saturated carbocycles. The molecule has 3 rings (SSSR count). The lowest BCUT2D eigenvalue weighted by molar-refractivity contribution is -0.135. The third-order valence-corrected chi connectivity index (χ3v) is 4.13. The van der Waals surface area contributed by atoms with Gasteiger partial charge >= 0.3 is 0 Å². The van der Waals surface area contributed by atoms with E-state index in [0.717, 1.165) is 10.9 Å². The number of hydrogen-bond donors (Lipinski definition) is 1. The third-order valence-electron chi connectivity index (χ3n) is 4.13. The lowest BCUT2D eigenvalue weighted by Gasteiger charge is -2.23. The number of hydrogen-bond acceptors (Lipinski definition) is 2. The zero-order chi connectivity index (χ0) is 15.2. The first-order valence-electron chi connectivity index (χ1n) is 7.31. The number of benzene rings is 1. The van der Waals surface area contributed by atoms with Crippen molar-refractivity contribution in [1.82, 2.24) is 9.88 Å². The Balaban J connectivity index is 2.01. The molecule has 4 heteroatoms. The molecule has 1 saturated heterocycles. The van der Waals surface area contributed by atoms with Crippen LogP contribution in [0.25, 0.3) is 10.9 Å². The van der Waals surface area contributed by atoms with Crippen molar-refractivity contribution in [2.24, 2.45) is 0 Å². The Morgan fingerprint density at radius 1 is 1.19 bits per heavy atom. The summed E-state index contributed by atoms with van der Waals surface area (Å²) in [5, 5.41) is 3.55. The molecule has 0 spiro atoms. The fraction of sp³-hybridized carbons (Fsp3) is 0.412. The first-order chi connectivity index (χ1) is 9.86. The van der Waals surface area contributed by atoms with E-state index < -0.39 is 0 Å². The largest absolute Gasteiger partial charge is 0.335 e. The molecule has 2 heterocycles. The van der Waals surface area contributed by atoms with E-state index in [9.17, 15) is 9.59 Å². The maximum absolute atomic E-state index is 12.0. The maximum atomic E-state index is 12.0. The number of nitrogens with one attached hydrogen (secondary N) is 1. The maximum Gasteiger partial charge on any atom is 0.249 e. The van der Waals surface area contributed by atoms with Crippen molar-refractivity contribution in [1.29, 1.82) is 0 Å². The average molecular weight is 284 g/mol. The second-order valence-electron chi connectivity index (χ2n) is 6.71. The quantitative estimate of drug-likeness (QED) is 0.819. The van der Waals surface area contributed by atoms with Gasteiger partial charge in [0.2, 0.25) is 11.8 Å². The molecule has 1 unspecified atom stereocenters. The molecule has 1 aromatic heterocycles. The van der Waals surface area contributed by atoms with Crippen LogP contribution in [0.15, 0.2) is 30.5 Å². The summed E-state index contributed by atoms with van der Waals surface area (Å²) in [5.41, 5.74) is 2.42. The summed E-state index contributed by atoms with van der Waals surface area (Å²) in [6, 6.07) is 8.11. The van der Waals surface area contributed by atoms with Gasteiger partial charge in [-0.3, -0.25) is 14.9 Å². The van der Waals surface area contributed by atoms with Gasteiger partial charge in [0, 0.05) is 18.1 Å². The molecule has 4 nitrogen and oxygen atoms in total. The first-order valence-corrected chi connectivity index (χ1v) is 7.31. The number of fused-ring (bicyclic) bond motifs is 1. The number of carbonyl (C=O) groups is 2. The molecule has 1 fully saturated rings. The third kappa shape index (κ3) is 2.46. The number of rotatable bonds is 1. The minimum atomic E-state index is -0.291. The molecule has 1 atom stereocenters. The molecular formula is C17H20N2O2. The summed E-state index contributed by atoms with van der Waals surface area (Å²) >= 11 is 0. The van der Waals surface area contributed by atoms with Crippen LogP contribution in [-0.2, 0) is 15.0 Å². The van der Waals surface area contributed by atoms with Gasteiger partial charge in [-0.2, -0.15) is 0 Å². The van der Waals surface area contributed by atoms with Gasteiger partial charge in [0.25, 0.3) is 0 Å². The molecule has 1 aliphatic rings. The van der Waals surface area contributed by atoms with Crippen LogP contribution in [0.3, 0.4) is 0 Å². The zero-order valence-electron chi connectivity index (χ0n) is 12.6. The summed E-state index contributed by atoms with van der Waals surface area (Å²) in [4.78, 5) is 23.3. The van der Waals surface area contributed by atoms with Crippen LogP contribution >= 0.6 is 0 Å². The number of nitrogens with zero attached hydrogens (tertiary/aromatic N) is 1. The molecule has 1 aromatic carbocycles. The normalized spacial score (nSPS) is 19.9. The fourth-order valence-corrected chi connectivity index (χ4v) is 2.85. The summed E-state index contributed by atoms with van der Waals surface area (Å²) < 4.78 is 1.98. The van der Waals surface area contributed by atoms with Crippen molar-refractivity contribution < 1.29 is 9.59 Å². The van der Waals surface area contributed by atoms with E-state index in [1.54, 1.807) is 0 Å². The SMILES string of the molecule is CC(C)(C)c1ccc2c(ccn2C2CCC(=O)NC2=O)c1. The van der Waals surface area contributed by atoms with Crippen LogP contribution in [0.1, 0.15) is 45.2 Å². The molecular weight excluding hydrogens is 264 g/mol. The van der Waals surface area contributed by atoms with E-state index in [-0.39, 0.29) is 23.3 Å². The van der Waals surface area contributed by atoms with Crippen molar-refractivity contribution in [3.63, 3.8) is 0 Å². The Morgan fingerprint density at radius 3 is 2.62 bits per heavy atom. The van der Waals surface area contributed by atoms with Crippen molar-refractivity contribution in [2.45, 2.75) is 45.1 Å². The Morgan fingerprint density at radius 2 is 1.95 bits per heavy atom. The topological polar surface area (TPSA) is 51.1 Å². The van der Waals surface area contributed by atoms with E-state index in [1.807, 2.05) is 16.8 Å². The highest BCUT2D eigenvalue weighted by Gasteiger charge is 2.28. The summed E-state index contributed by atoms with van der Waals surface area (Å²) in [6.07, 6.45) is 2.91. The van der Waals surface area contributed by atoms with Gasteiger partial charge in [0.15, 0.2) is 0 Å². The van der Waals surface area contributed by atoms with E-state index in [0.29, 0.717) is 12.8 Å². The fourth-order valence-electron chi connectivity index (χ4n) is 2.85. The Labute approximate surface area is 124 Å². The second-order valence-corrected chi connectivity index (χ2v) is 6.71. The van der Waals surface area contributed by atoms with Crippen LogP contribution in [0.4, 0.5) is 0 Å².